The molecule has 0 heterocycles. The molecule has 17 heavy (non-hydrogen) atoms. The maximum atomic E-state index is 11.9. The predicted octanol–water partition coefficient (Wildman–Crippen LogP) is 2.10. The average molecular weight is 227 g/mol. The number of anilines is 3. The zero-order chi connectivity index (χ0) is 12.3. The summed E-state index contributed by atoms with van der Waals surface area (Å²) in [5.41, 5.74) is 13.5. The number of hydrogen-bond acceptors (Lipinski definition) is 3. The van der Waals surface area contributed by atoms with E-state index in [2.05, 4.69) is 5.32 Å². The highest BCUT2D eigenvalue weighted by Gasteiger charge is 2.07. The number of nitrogen functional groups attached to an aromatic ring is 2. The molecule has 86 valence electrons. The lowest BCUT2D eigenvalue weighted by Crippen LogP contribution is -2.13. The van der Waals surface area contributed by atoms with E-state index in [0.717, 1.165) is 0 Å². The second-order valence-corrected chi connectivity index (χ2v) is 3.67. The molecule has 2 rings (SSSR count). The first-order chi connectivity index (χ1) is 8.16. The minimum atomic E-state index is -0.227. The van der Waals surface area contributed by atoms with Crippen LogP contribution in [0, 0.1) is 0 Å². The average Bonchev–Trinajstić information content (AvgIpc) is 2.32. The Hall–Kier alpha value is -2.49. The third-order valence-electron chi connectivity index (χ3n) is 2.36. The SMILES string of the molecule is Nc1cccc(C(=O)Nc2ccccc2N)c1. The maximum Gasteiger partial charge on any atom is 0.255 e. The molecular weight excluding hydrogens is 214 g/mol. The van der Waals surface area contributed by atoms with Crippen molar-refractivity contribution in [2.75, 3.05) is 16.8 Å². The lowest BCUT2D eigenvalue weighted by Gasteiger charge is -2.08. The predicted molar refractivity (Wildman–Crippen MR) is 69.7 cm³/mol. The van der Waals surface area contributed by atoms with Gasteiger partial charge in [-0.25, -0.2) is 0 Å². The van der Waals surface area contributed by atoms with Crippen LogP contribution in [-0.2, 0) is 0 Å². The standard InChI is InChI=1S/C13H13N3O/c14-10-5-3-4-9(8-10)13(17)16-12-7-2-1-6-11(12)15/h1-8H,14-15H2,(H,16,17). The lowest BCUT2D eigenvalue weighted by atomic mass is 10.2. The number of para-hydroxylation sites is 2. The number of nitrogens with two attached hydrogens (primary N) is 2. The zero-order valence-corrected chi connectivity index (χ0v) is 9.18. The molecule has 0 bridgehead atoms. The monoisotopic (exact) mass is 227 g/mol. The molecule has 4 nitrogen and oxygen atoms in total. The second-order valence-electron chi connectivity index (χ2n) is 3.67. The number of amides is 1. The molecule has 0 aromatic heterocycles. The number of nitrogens with one attached hydrogen (secondary N) is 1. The molecule has 4 heteroatoms. The molecular formula is C13H13N3O. The van der Waals surface area contributed by atoms with Gasteiger partial charge in [-0.2, -0.15) is 0 Å². The normalized spacial score (nSPS) is 9.88. The first kappa shape index (κ1) is 11.0. The van der Waals surface area contributed by atoms with Crippen LogP contribution in [-0.4, -0.2) is 5.91 Å². The Morgan fingerprint density at radius 1 is 1.00 bits per heavy atom. The molecule has 0 radical (unpaired) electrons. The highest BCUT2D eigenvalue weighted by atomic mass is 16.1. The van der Waals surface area contributed by atoms with Gasteiger partial charge in [-0.15, -0.1) is 0 Å². The van der Waals surface area contributed by atoms with Gasteiger partial charge in [0.25, 0.3) is 5.91 Å². The van der Waals surface area contributed by atoms with Gasteiger partial charge >= 0.3 is 0 Å². The van der Waals surface area contributed by atoms with Crippen LogP contribution in [0.1, 0.15) is 10.4 Å². The number of benzene rings is 2. The van der Waals surface area contributed by atoms with E-state index in [4.69, 9.17) is 11.5 Å². The fourth-order valence-electron chi connectivity index (χ4n) is 1.49. The van der Waals surface area contributed by atoms with Crippen molar-refractivity contribution in [3.05, 3.63) is 54.1 Å². The third-order valence-corrected chi connectivity index (χ3v) is 2.36. The van der Waals surface area contributed by atoms with Crippen LogP contribution in [0.15, 0.2) is 48.5 Å². The minimum Gasteiger partial charge on any atom is -0.399 e. The van der Waals surface area contributed by atoms with Crippen LogP contribution in [0.2, 0.25) is 0 Å². The summed E-state index contributed by atoms with van der Waals surface area (Å²) in [5, 5.41) is 2.73. The summed E-state index contributed by atoms with van der Waals surface area (Å²) in [4.78, 5) is 11.9. The minimum absolute atomic E-state index is 0.227. The number of carbonyl (C=O) groups excluding carboxylic acids is 1. The van der Waals surface area contributed by atoms with Gasteiger partial charge < -0.3 is 16.8 Å². The van der Waals surface area contributed by atoms with Crippen molar-refractivity contribution in [2.45, 2.75) is 0 Å². The molecule has 1 amide bonds. The molecule has 0 aliphatic carbocycles. The Morgan fingerprint density at radius 3 is 2.47 bits per heavy atom. The van der Waals surface area contributed by atoms with Crippen molar-refractivity contribution < 1.29 is 4.79 Å². The summed E-state index contributed by atoms with van der Waals surface area (Å²) in [5.74, 6) is -0.227. The van der Waals surface area contributed by atoms with Gasteiger partial charge in [-0.1, -0.05) is 18.2 Å². The van der Waals surface area contributed by atoms with Crippen LogP contribution in [0.25, 0.3) is 0 Å². The van der Waals surface area contributed by atoms with Crippen molar-refractivity contribution in [1.82, 2.24) is 0 Å². The first-order valence-corrected chi connectivity index (χ1v) is 5.18. The van der Waals surface area contributed by atoms with E-state index < -0.39 is 0 Å². The fourth-order valence-corrected chi connectivity index (χ4v) is 1.49. The number of hydrogen-bond donors (Lipinski definition) is 3. The van der Waals surface area contributed by atoms with Gasteiger partial charge in [-0.05, 0) is 30.3 Å². The van der Waals surface area contributed by atoms with Crippen molar-refractivity contribution in [2.24, 2.45) is 0 Å². The molecule has 0 saturated heterocycles. The van der Waals surface area contributed by atoms with Gasteiger partial charge in [0.05, 0.1) is 11.4 Å². The summed E-state index contributed by atoms with van der Waals surface area (Å²) in [6.07, 6.45) is 0. The Kier molecular flexibility index (Phi) is 2.96. The Bertz CT molecular complexity index is 552. The Balaban J connectivity index is 2.20. The summed E-state index contributed by atoms with van der Waals surface area (Å²) in [6.45, 7) is 0. The van der Waals surface area contributed by atoms with E-state index in [1.165, 1.54) is 0 Å². The molecule has 0 unspecified atom stereocenters. The fraction of sp³-hybridized carbons (Fsp3) is 0. The third kappa shape index (κ3) is 2.55. The summed E-state index contributed by atoms with van der Waals surface area (Å²) < 4.78 is 0. The molecule has 0 aliphatic rings. The van der Waals surface area contributed by atoms with Gasteiger partial charge in [0.2, 0.25) is 0 Å². The molecule has 0 fully saturated rings. The molecule has 2 aromatic rings. The number of carbonyl (C=O) groups is 1. The second kappa shape index (κ2) is 4.57. The quantitative estimate of drug-likeness (QED) is 0.687. The molecule has 0 spiro atoms. The smallest absolute Gasteiger partial charge is 0.255 e. The van der Waals surface area contributed by atoms with Crippen LogP contribution >= 0.6 is 0 Å². The topological polar surface area (TPSA) is 81.1 Å². The van der Waals surface area contributed by atoms with E-state index in [-0.39, 0.29) is 5.91 Å². The van der Waals surface area contributed by atoms with Crippen molar-refractivity contribution in [3.8, 4) is 0 Å². The first-order valence-electron chi connectivity index (χ1n) is 5.18. The lowest BCUT2D eigenvalue weighted by molar-refractivity contribution is 0.102. The maximum absolute atomic E-state index is 11.9. The van der Waals surface area contributed by atoms with E-state index in [9.17, 15) is 4.79 Å². The summed E-state index contributed by atoms with van der Waals surface area (Å²) >= 11 is 0. The Morgan fingerprint density at radius 2 is 1.76 bits per heavy atom. The zero-order valence-electron chi connectivity index (χ0n) is 9.18. The van der Waals surface area contributed by atoms with Crippen molar-refractivity contribution in [3.63, 3.8) is 0 Å². The van der Waals surface area contributed by atoms with Gasteiger partial charge in [-0.3, -0.25) is 4.79 Å². The largest absolute Gasteiger partial charge is 0.399 e. The van der Waals surface area contributed by atoms with E-state index in [1.54, 1.807) is 36.4 Å². The highest BCUT2D eigenvalue weighted by molar-refractivity contribution is 6.06. The van der Waals surface area contributed by atoms with Crippen molar-refractivity contribution in [1.29, 1.82) is 0 Å². The van der Waals surface area contributed by atoms with E-state index in [1.807, 2.05) is 12.1 Å². The molecule has 0 atom stereocenters. The van der Waals surface area contributed by atoms with Crippen molar-refractivity contribution >= 4 is 23.0 Å². The highest BCUT2D eigenvalue weighted by Crippen LogP contribution is 2.18. The van der Waals surface area contributed by atoms with Crippen LogP contribution in [0.5, 0.6) is 0 Å². The van der Waals surface area contributed by atoms with Gasteiger partial charge in [0, 0.05) is 11.3 Å². The summed E-state index contributed by atoms with van der Waals surface area (Å²) in [6, 6.07) is 13.9. The number of rotatable bonds is 2. The molecule has 0 aliphatic heterocycles. The molecule has 0 saturated carbocycles. The Labute approximate surface area is 99.2 Å². The molecule has 5 N–H and O–H groups in total. The van der Waals surface area contributed by atoms with Crippen LogP contribution < -0.4 is 16.8 Å². The summed E-state index contributed by atoms with van der Waals surface area (Å²) in [7, 11) is 0. The van der Waals surface area contributed by atoms with Gasteiger partial charge in [0.1, 0.15) is 0 Å². The molecule has 2 aromatic carbocycles. The van der Waals surface area contributed by atoms with E-state index >= 15 is 0 Å². The van der Waals surface area contributed by atoms with Crippen LogP contribution in [0.4, 0.5) is 17.1 Å². The van der Waals surface area contributed by atoms with Gasteiger partial charge in [0.15, 0.2) is 0 Å². The van der Waals surface area contributed by atoms with E-state index in [0.29, 0.717) is 22.6 Å². The van der Waals surface area contributed by atoms with Crippen LogP contribution in [0.3, 0.4) is 0 Å².